The summed E-state index contributed by atoms with van der Waals surface area (Å²) in [5.41, 5.74) is 2.04. The van der Waals surface area contributed by atoms with Gasteiger partial charge in [0.05, 0.1) is 5.41 Å². The van der Waals surface area contributed by atoms with Gasteiger partial charge in [0, 0.05) is 43.0 Å². The quantitative estimate of drug-likeness (QED) is 0.448. The first-order chi connectivity index (χ1) is 16.6. The number of hydrogen-bond acceptors (Lipinski definition) is 6. The summed E-state index contributed by atoms with van der Waals surface area (Å²) in [5, 5.41) is 10.7. The van der Waals surface area contributed by atoms with E-state index in [1.54, 1.807) is 10.9 Å². The predicted molar refractivity (Wildman–Crippen MR) is 130 cm³/mol. The van der Waals surface area contributed by atoms with Gasteiger partial charge in [-0.1, -0.05) is 30.3 Å². The molecule has 0 radical (unpaired) electrons. The summed E-state index contributed by atoms with van der Waals surface area (Å²) >= 11 is 0. The number of carbonyl (C=O) groups is 1. The number of hydrogen-bond donors (Lipinski definition) is 2. The molecule has 2 aromatic carbocycles. The van der Waals surface area contributed by atoms with Crippen molar-refractivity contribution in [1.82, 2.24) is 19.7 Å². The summed E-state index contributed by atoms with van der Waals surface area (Å²) in [7, 11) is 0. The molecule has 5 rings (SSSR count). The maximum absolute atomic E-state index is 13.4. The lowest BCUT2D eigenvalue weighted by Crippen LogP contribution is -2.44. The maximum atomic E-state index is 13.4. The molecule has 1 aliphatic heterocycles. The van der Waals surface area contributed by atoms with Crippen LogP contribution >= 0.6 is 0 Å². The fourth-order valence-corrected chi connectivity index (χ4v) is 4.30. The Morgan fingerprint density at radius 2 is 1.71 bits per heavy atom. The molecule has 4 aromatic rings. The minimum absolute atomic E-state index is 0.00185. The van der Waals surface area contributed by atoms with Crippen molar-refractivity contribution >= 4 is 23.1 Å². The van der Waals surface area contributed by atoms with E-state index in [0.717, 1.165) is 16.9 Å². The van der Waals surface area contributed by atoms with Crippen LogP contribution in [0.2, 0.25) is 0 Å². The van der Waals surface area contributed by atoms with Gasteiger partial charge in [0.1, 0.15) is 11.6 Å². The van der Waals surface area contributed by atoms with Gasteiger partial charge in [-0.25, -0.2) is 14.6 Å². The number of ether oxygens (including phenoxy) is 1. The van der Waals surface area contributed by atoms with Gasteiger partial charge in [-0.05, 0) is 55.7 Å². The Balaban J connectivity index is 1.31. The molecule has 1 saturated heterocycles. The SMILES string of the molecule is Cc1nc(Nc2ccc(NC(=O)C3(c4ccccc4)CCOCC3)cc2)cc(-n2cccn2)n1. The predicted octanol–water partition coefficient (Wildman–Crippen LogP) is 4.40. The van der Waals surface area contributed by atoms with Crippen LogP contribution in [-0.4, -0.2) is 38.9 Å². The minimum Gasteiger partial charge on any atom is -0.381 e. The van der Waals surface area contributed by atoms with Crippen LogP contribution in [0.1, 0.15) is 24.2 Å². The van der Waals surface area contributed by atoms with Crippen molar-refractivity contribution in [3.05, 3.63) is 90.5 Å². The van der Waals surface area contributed by atoms with E-state index in [9.17, 15) is 4.79 Å². The van der Waals surface area contributed by atoms with Crippen molar-refractivity contribution in [1.29, 1.82) is 0 Å². The minimum atomic E-state index is -0.585. The number of carbonyl (C=O) groups excluding carboxylic acids is 1. The fourth-order valence-electron chi connectivity index (χ4n) is 4.30. The molecular weight excluding hydrogens is 428 g/mol. The Bertz CT molecular complexity index is 1250. The molecule has 8 heteroatoms. The number of aromatic nitrogens is 4. The molecule has 1 fully saturated rings. The summed E-state index contributed by atoms with van der Waals surface area (Å²) in [6.45, 7) is 2.99. The Morgan fingerprint density at radius 3 is 2.41 bits per heavy atom. The number of anilines is 3. The van der Waals surface area contributed by atoms with E-state index in [4.69, 9.17) is 4.74 Å². The highest BCUT2D eigenvalue weighted by Gasteiger charge is 2.41. The normalized spacial score (nSPS) is 15.0. The molecule has 3 heterocycles. The van der Waals surface area contributed by atoms with Crippen molar-refractivity contribution in [2.24, 2.45) is 0 Å². The first-order valence-corrected chi connectivity index (χ1v) is 11.3. The highest BCUT2D eigenvalue weighted by Crippen LogP contribution is 2.36. The van der Waals surface area contributed by atoms with Crippen LogP contribution in [0.4, 0.5) is 17.2 Å². The molecule has 0 bridgehead atoms. The van der Waals surface area contributed by atoms with Gasteiger partial charge < -0.3 is 15.4 Å². The van der Waals surface area contributed by atoms with Crippen LogP contribution in [0.15, 0.2) is 79.1 Å². The fraction of sp³-hybridized carbons (Fsp3) is 0.231. The monoisotopic (exact) mass is 454 g/mol. The molecule has 0 atom stereocenters. The van der Waals surface area contributed by atoms with Crippen molar-refractivity contribution in [2.75, 3.05) is 23.8 Å². The smallest absolute Gasteiger partial charge is 0.235 e. The van der Waals surface area contributed by atoms with Gasteiger partial charge in [-0.3, -0.25) is 4.79 Å². The number of amides is 1. The zero-order chi connectivity index (χ0) is 23.4. The highest BCUT2D eigenvalue weighted by molar-refractivity contribution is 5.99. The average Bonchev–Trinajstić information content (AvgIpc) is 3.41. The number of nitrogens with one attached hydrogen (secondary N) is 2. The molecule has 2 N–H and O–H groups in total. The summed E-state index contributed by atoms with van der Waals surface area (Å²) in [5.74, 6) is 1.99. The lowest BCUT2D eigenvalue weighted by atomic mass is 9.73. The first-order valence-electron chi connectivity index (χ1n) is 11.3. The van der Waals surface area contributed by atoms with Crippen LogP contribution < -0.4 is 10.6 Å². The summed E-state index contributed by atoms with van der Waals surface area (Å²) in [6.07, 6.45) is 4.87. The van der Waals surface area contributed by atoms with Crippen LogP contribution in [0.25, 0.3) is 5.82 Å². The van der Waals surface area contributed by atoms with Gasteiger partial charge >= 0.3 is 0 Å². The lowest BCUT2D eigenvalue weighted by molar-refractivity contribution is -0.125. The van der Waals surface area contributed by atoms with Crippen molar-refractivity contribution < 1.29 is 9.53 Å². The highest BCUT2D eigenvalue weighted by atomic mass is 16.5. The van der Waals surface area contributed by atoms with Crippen LogP contribution in [-0.2, 0) is 14.9 Å². The van der Waals surface area contributed by atoms with E-state index in [-0.39, 0.29) is 5.91 Å². The topological polar surface area (TPSA) is 94.0 Å². The molecule has 0 spiro atoms. The molecule has 2 aromatic heterocycles. The maximum Gasteiger partial charge on any atom is 0.235 e. The van der Waals surface area contributed by atoms with E-state index in [1.165, 1.54) is 0 Å². The summed E-state index contributed by atoms with van der Waals surface area (Å²) in [6, 6.07) is 21.3. The first kappa shape index (κ1) is 21.8. The second-order valence-corrected chi connectivity index (χ2v) is 8.33. The van der Waals surface area contributed by atoms with E-state index in [0.29, 0.717) is 43.5 Å². The van der Waals surface area contributed by atoms with Gasteiger partial charge in [0.2, 0.25) is 5.91 Å². The molecule has 172 valence electrons. The standard InChI is InChI=1S/C26H26N6O2/c1-19-28-23(18-24(29-19)32-15-5-14-27-32)30-21-8-10-22(11-9-21)31-25(33)26(12-16-34-17-13-26)20-6-3-2-4-7-20/h2-11,14-15,18H,12-13,16-17H2,1H3,(H,31,33)(H,28,29,30). The number of rotatable bonds is 6. The van der Waals surface area contributed by atoms with E-state index < -0.39 is 5.41 Å². The Labute approximate surface area is 198 Å². The molecule has 34 heavy (non-hydrogen) atoms. The number of nitrogens with zero attached hydrogens (tertiary/aromatic N) is 4. The van der Waals surface area contributed by atoms with Gasteiger partial charge in [0.15, 0.2) is 5.82 Å². The van der Waals surface area contributed by atoms with Crippen molar-refractivity contribution in [3.8, 4) is 5.82 Å². The Kier molecular flexibility index (Phi) is 6.05. The van der Waals surface area contributed by atoms with E-state index in [1.807, 2.05) is 79.9 Å². The van der Waals surface area contributed by atoms with Crippen molar-refractivity contribution in [2.45, 2.75) is 25.2 Å². The number of aryl methyl sites for hydroxylation is 1. The number of benzene rings is 2. The van der Waals surface area contributed by atoms with Crippen LogP contribution in [0.3, 0.4) is 0 Å². The molecule has 1 amide bonds. The molecule has 8 nitrogen and oxygen atoms in total. The molecule has 0 saturated carbocycles. The van der Waals surface area contributed by atoms with Gasteiger partial charge in [-0.2, -0.15) is 5.10 Å². The summed E-state index contributed by atoms with van der Waals surface area (Å²) < 4.78 is 7.25. The zero-order valence-electron chi connectivity index (χ0n) is 18.9. The van der Waals surface area contributed by atoms with Gasteiger partial charge in [-0.15, -0.1) is 0 Å². The summed E-state index contributed by atoms with van der Waals surface area (Å²) in [4.78, 5) is 22.3. The van der Waals surface area contributed by atoms with Crippen LogP contribution in [0.5, 0.6) is 0 Å². The Hall–Kier alpha value is -4.04. The second-order valence-electron chi connectivity index (χ2n) is 8.33. The zero-order valence-corrected chi connectivity index (χ0v) is 18.9. The van der Waals surface area contributed by atoms with E-state index >= 15 is 0 Å². The molecule has 0 aliphatic carbocycles. The Morgan fingerprint density at radius 1 is 0.971 bits per heavy atom. The largest absolute Gasteiger partial charge is 0.381 e. The van der Waals surface area contributed by atoms with Crippen LogP contribution in [0, 0.1) is 6.92 Å². The van der Waals surface area contributed by atoms with E-state index in [2.05, 4.69) is 25.7 Å². The lowest BCUT2D eigenvalue weighted by Gasteiger charge is -2.36. The average molecular weight is 455 g/mol. The second kappa shape index (κ2) is 9.44. The molecular formula is C26H26N6O2. The third-order valence-electron chi connectivity index (χ3n) is 6.09. The van der Waals surface area contributed by atoms with Gasteiger partial charge in [0.25, 0.3) is 0 Å². The third kappa shape index (κ3) is 4.53. The molecule has 0 unspecified atom stereocenters. The van der Waals surface area contributed by atoms with Crippen molar-refractivity contribution in [3.63, 3.8) is 0 Å². The molecule has 1 aliphatic rings. The third-order valence-corrected chi connectivity index (χ3v) is 6.09.